The van der Waals surface area contributed by atoms with E-state index in [4.69, 9.17) is 26.8 Å². The van der Waals surface area contributed by atoms with Crippen molar-refractivity contribution in [1.29, 1.82) is 0 Å². The minimum Gasteiger partial charge on any atom is -0.494 e. The molecule has 0 saturated heterocycles. The predicted octanol–water partition coefficient (Wildman–Crippen LogP) is 8.71. The Balaban J connectivity index is 0.000000188. The van der Waals surface area contributed by atoms with Gasteiger partial charge < -0.3 is 51.6 Å². The standard InChI is InChI=1S/C25H26N6O3.C14H13ClN4O.C11H14N2O2/c1-5-22(33)27-18-7-6-8-19(11-18)28-24-15(2)12-26-25(30-24)29-21-10-9-17-13-31(16(3)32)14-20(17)23(21)34-4;1-3-12(20)17-10-5-4-6-11(7-10)18-13-9(2)8-16-14(15)19-13;1-7(14)13-5-8-3-4-10(12)11(15-2)9(8)6-13/h5-12H,1,13-14H2,2-4H3,(H,27,33)(H2,26,28,29,30);3-8H,1H2,2H3,(H,17,20)(H,16,18,19);3-4H,5-6,12H2,1-2H3. The molecule has 2 aliphatic heterocycles. The van der Waals surface area contributed by atoms with Crippen LogP contribution in [0, 0.1) is 13.8 Å². The Bertz CT molecular complexity index is 2930. The van der Waals surface area contributed by atoms with Gasteiger partial charge in [-0.2, -0.15) is 4.98 Å². The van der Waals surface area contributed by atoms with Crippen LogP contribution < -0.4 is 41.8 Å². The molecule has 6 aromatic rings. The predicted molar refractivity (Wildman–Crippen MR) is 269 cm³/mol. The third-order valence-corrected chi connectivity index (χ3v) is 11.0. The number of benzene rings is 4. The number of halogens is 1. The van der Waals surface area contributed by atoms with Crippen molar-refractivity contribution in [3.05, 3.63) is 149 Å². The molecule has 0 atom stereocenters. The highest BCUT2D eigenvalue weighted by Gasteiger charge is 2.27. The Morgan fingerprint density at radius 1 is 0.652 bits per heavy atom. The van der Waals surface area contributed by atoms with E-state index in [0.29, 0.717) is 72.3 Å². The quantitative estimate of drug-likeness (QED) is 0.0383. The molecule has 0 saturated carbocycles. The maximum absolute atomic E-state index is 11.8. The van der Waals surface area contributed by atoms with Gasteiger partial charge in [0.1, 0.15) is 23.1 Å². The Morgan fingerprint density at radius 3 is 1.64 bits per heavy atom. The van der Waals surface area contributed by atoms with Crippen LogP contribution in [0.4, 0.5) is 51.7 Å². The first-order chi connectivity index (χ1) is 33.1. The summed E-state index contributed by atoms with van der Waals surface area (Å²) in [6.07, 6.45) is 5.80. The summed E-state index contributed by atoms with van der Waals surface area (Å²) in [5.74, 6) is 2.57. The topological polar surface area (TPSA) is 231 Å². The number of nitrogens with two attached hydrogens (primary N) is 1. The van der Waals surface area contributed by atoms with Gasteiger partial charge in [0.25, 0.3) is 0 Å². The number of nitrogen functional groups attached to an aromatic ring is 1. The van der Waals surface area contributed by atoms with Crippen molar-refractivity contribution in [3.8, 4) is 11.5 Å². The van der Waals surface area contributed by atoms with Gasteiger partial charge in [0, 0.05) is 84.3 Å². The van der Waals surface area contributed by atoms with E-state index in [1.54, 1.807) is 74.5 Å². The zero-order chi connectivity index (χ0) is 49.8. The largest absolute Gasteiger partial charge is 0.494 e. The number of methoxy groups -OCH3 is 2. The zero-order valence-electron chi connectivity index (χ0n) is 39.1. The lowest BCUT2D eigenvalue weighted by molar-refractivity contribution is -0.130. The zero-order valence-corrected chi connectivity index (χ0v) is 39.8. The Hall–Kier alpha value is -8.51. The lowest BCUT2D eigenvalue weighted by atomic mass is 10.1. The van der Waals surface area contributed by atoms with Crippen LogP contribution in [0.5, 0.6) is 11.5 Å². The smallest absolute Gasteiger partial charge is 0.247 e. The van der Waals surface area contributed by atoms with Crippen molar-refractivity contribution in [1.82, 2.24) is 29.7 Å². The van der Waals surface area contributed by atoms with E-state index in [9.17, 15) is 19.2 Å². The summed E-state index contributed by atoms with van der Waals surface area (Å²) in [6.45, 7) is 16.1. The lowest BCUT2D eigenvalue weighted by Crippen LogP contribution is -2.21. The fraction of sp³-hybridized carbons (Fsp3) is 0.200. The number of nitrogens with zero attached hydrogens (tertiary/aromatic N) is 6. The van der Waals surface area contributed by atoms with Gasteiger partial charge in [0.2, 0.25) is 34.9 Å². The molecule has 0 bridgehead atoms. The lowest BCUT2D eigenvalue weighted by Gasteiger charge is -2.15. The van der Waals surface area contributed by atoms with Gasteiger partial charge in [0.05, 0.1) is 38.7 Å². The van der Waals surface area contributed by atoms with Gasteiger partial charge >= 0.3 is 0 Å². The third-order valence-electron chi connectivity index (χ3n) is 10.8. The summed E-state index contributed by atoms with van der Waals surface area (Å²) in [4.78, 5) is 66.5. The monoisotopic (exact) mass is 952 g/mol. The molecular weight excluding hydrogens is 900 g/mol. The Labute approximate surface area is 405 Å². The van der Waals surface area contributed by atoms with E-state index in [-0.39, 0.29) is 28.9 Å². The number of hydrogen-bond acceptors (Lipinski definition) is 14. The highest BCUT2D eigenvalue weighted by Crippen LogP contribution is 2.39. The van der Waals surface area contributed by atoms with Crippen LogP contribution >= 0.6 is 11.6 Å². The molecule has 8 rings (SSSR count). The van der Waals surface area contributed by atoms with Gasteiger partial charge in [-0.05, 0) is 97.3 Å². The van der Waals surface area contributed by atoms with Crippen LogP contribution in [-0.2, 0) is 45.4 Å². The first-order valence-electron chi connectivity index (χ1n) is 21.4. The molecule has 19 heteroatoms. The molecule has 18 nitrogen and oxygen atoms in total. The second kappa shape index (κ2) is 22.8. The molecule has 356 valence electrons. The number of aryl methyl sites for hydroxylation is 2. The summed E-state index contributed by atoms with van der Waals surface area (Å²) in [5.41, 5.74) is 15.9. The van der Waals surface area contributed by atoms with Crippen molar-refractivity contribution in [2.45, 2.75) is 53.9 Å². The highest BCUT2D eigenvalue weighted by molar-refractivity contribution is 6.28. The van der Waals surface area contributed by atoms with Crippen molar-refractivity contribution in [3.63, 3.8) is 0 Å². The molecular formula is C50H53ClN12O6. The van der Waals surface area contributed by atoms with E-state index >= 15 is 0 Å². The van der Waals surface area contributed by atoms with Gasteiger partial charge in [-0.1, -0.05) is 37.4 Å². The second-order valence-electron chi connectivity index (χ2n) is 15.7. The van der Waals surface area contributed by atoms with Crippen molar-refractivity contribution < 1.29 is 28.7 Å². The SMILES string of the molecule is C=CC(=O)Nc1cccc(Nc2nc(Cl)ncc2C)c1.C=CC(=O)Nc1cccc(Nc2nc(Nc3ccc4c(c3OC)CN(C(C)=O)C4)ncc2C)c1.COc1c(N)ccc2c1CN(C(C)=O)C2. The molecule has 0 spiro atoms. The normalized spacial score (nSPS) is 11.8. The summed E-state index contributed by atoms with van der Waals surface area (Å²) < 4.78 is 10.9. The maximum Gasteiger partial charge on any atom is 0.247 e. The fourth-order valence-corrected chi connectivity index (χ4v) is 7.36. The number of ether oxygens (including phenoxy) is 2. The minimum absolute atomic E-state index is 0.0264. The van der Waals surface area contributed by atoms with Crippen molar-refractivity contribution in [2.75, 3.05) is 46.5 Å². The molecule has 4 amide bonds. The average molecular weight is 954 g/mol. The van der Waals surface area contributed by atoms with E-state index in [1.165, 1.54) is 12.2 Å². The number of carbonyl (C=O) groups excluding carboxylic acids is 4. The van der Waals surface area contributed by atoms with Crippen LogP contribution in [0.3, 0.4) is 0 Å². The summed E-state index contributed by atoms with van der Waals surface area (Å²) in [5, 5.41) is 15.2. The first-order valence-corrected chi connectivity index (χ1v) is 21.8. The Kier molecular flexibility index (Phi) is 16.5. The molecule has 4 aromatic carbocycles. The number of fused-ring (bicyclic) bond motifs is 2. The van der Waals surface area contributed by atoms with Gasteiger partial charge in [-0.25, -0.2) is 15.0 Å². The molecule has 0 aliphatic carbocycles. The number of amides is 4. The van der Waals surface area contributed by atoms with Crippen molar-refractivity contribution in [2.24, 2.45) is 0 Å². The number of carbonyl (C=O) groups is 4. The van der Waals surface area contributed by atoms with Crippen LogP contribution in [0.1, 0.15) is 47.2 Å². The summed E-state index contributed by atoms with van der Waals surface area (Å²) >= 11 is 5.77. The van der Waals surface area contributed by atoms with E-state index in [2.05, 4.69) is 59.7 Å². The van der Waals surface area contributed by atoms with Gasteiger partial charge in [-0.15, -0.1) is 0 Å². The molecule has 7 N–H and O–H groups in total. The fourth-order valence-electron chi connectivity index (χ4n) is 7.23. The third kappa shape index (κ3) is 12.9. The van der Waals surface area contributed by atoms with Crippen LogP contribution in [-0.4, -0.2) is 67.6 Å². The number of anilines is 9. The molecule has 2 aromatic heterocycles. The van der Waals surface area contributed by atoms with Crippen LogP contribution in [0.15, 0.2) is 111 Å². The molecule has 2 aliphatic rings. The van der Waals surface area contributed by atoms with Crippen molar-refractivity contribution >= 4 is 86.9 Å². The van der Waals surface area contributed by atoms with E-state index < -0.39 is 0 Å². The minimum atomic E-state index is -0.281. The molecule has 4 heterocycles. The number of hydrogen-bond donors (Lipinski definition) is 6. The van der Waals surface area contributed by atoms with Crippen LogP contribution in [0.2, 0.25) is 5.28 Å². The molecule has 0 unspecified atom stereocenters. The number of aromatic nitrogens is 4. The van der Waals surface area contributed by atoms with E-state index in [1.807, 2.05) is 62.4 Å². The second-order valence-corrected chi connectivity index (χ2v) is 16.0. The van der Waals surface area contributed by atoms with E-state index in [0.717, 1.165) is 50.4 Å². The highest BCUT2D eigenvalue weighted by atomic mass is 35.5. The van der Waals surface area contributed by atoms with Gasteiger partial charge in [0.15, 0.2) is 0 Å². The molecule has 0 fully saturated rings. The molecule has 69 heavy (non-hydrogen) atoms. The summed E-state index contributed by atoms with van der Waals surface area (Å²) in [6, 6.07) is 22.2. The van der Waals surface area contributed by atoms with Crippen LogP contribution in [0.25, 0.3) is 0 Å². The molecule has 0 radical (unpaired) electrons. The number of rotatable bonds is 12. The van der Waals surface area contributed by atoms with Gasteiger partial charge in [-0.3, -0.25) is 19.2 Å². The average Bonchev–Trinajstić information content (AvgIpc) is 3.98. The number of nitrogens with one attached hydrogen (secondary N) is 5. The Morgan fingerprint density at radius 2 is 1.13 bits per heavy atom. The maximum atomic E-state index is 11.8. The first kappa shape index (κ1) is 49.9. The summed E-state index contributed by atoms with van der Waals surface area (Å²) in [7, 11) is 3.21.